The van der Waals surface area contributed by atoms with Gasteiger partial charge in [-0.2, -0.15) is 0 Å². The summed E-state index contributed by atoms with van der Waals surface area (Å²) >= 11 is 4.97. The van der Waals surface area contributed by atoms with Crippen LogP contribution in [-0.2, 0) is 20.4 Å². The summed E-state index contributed by atoms with van der Waals surface area (Å²) in [5.41, 5.74) is 11.8. The quantitative estimate of drug-likeness (QED) is 0.433. The van der Waals surface area contributed by atoms with Crippen molar-refractivity contribution in [3.05, 3.63) is 95.8 Å². The van der Waals surface area contributed by atoms with Crippen LogP contribution in [0.1, 0.15) is 74.2 Å². The molecule has 0 saturated carbocycles. The molecule has 0 aliphatic heterocycles. The number of allylic oxidation sites excluding steroid dienone is 5. The van der Waals surface area contributed by atoms with Crippen molar-refractivity contribution in [2.24, 2.45) is 5.92 Å². The van der Waals surface area contributed by atoms with Crippen molar-refractivity contribution in [2.45, 2.75) is 70.6 Å². The molecule has 0 aromatic heterocycles. The Kier molecular flexibility index (Phi) is 11.4. The van der Waals surface area contributed by atoms with E-state index in [1.165, 1.54) is 41.5 Å². The molecule has 2 aliphatic rings. The van der Waals surface area contributed by atoms with Crippen molar-refractivity contribution in [1.29, 1.82) is 0 Å². The Morgan fingerprint density at radius 2 is 1.57 bits per heavy atom. The molecule has 0 fully saturated rings. The molecule has 0 heterocycles. The first-order chi connectivity index (χ1) is 15.8. The van der Waals surface area contributed by atoms with Crippen molar-refractivity contribution in [3.8, 4) is 0 Å². The second-order valence-corrected chi connectivity index (χ2v) is 27.7. The monoisotopic (exact) mass is 620 g/mol. The van der Waals surface area contributed by atoms with Gasteiger partial charge in [0.25, 0.3) is 0 Å². The third-order valence-electron chi connectivity index (χ3n) is 7.90. The van der Waals surface area contributed by atoms with Gasteiger partial charge in [-0.25, -0.2) is 0 Å². The number of unbranched alkanes of at least 4 members (excludes halogenated alkanes) is 1. The molecule has 2 aromatic rings. The number of benzene rings is 2. The summed E-state index contributed by atoms with van der Waals surface area (Å²) in [5.74, 6) is 0.610. The van der Waals surface area contributed by atoms with E-state index in [4.69, 9.17) is 11.6 Å². The van der Waals surface area contributed by atoms with Crippen LogP contribution in [-0.4, -0.2) is 5.43 Å². The van der Waals surface area contributed by atoms with Gasteiger partial charge in [-0.3, -0.25) is 0 Å². The Morgan fingerprint density at radius 3 is 2.11 bits per heavy atom. The standard InChI is InChI=1S/C19H18Cl.C9H13.C2H6Si.2ClH.Zr/c1-2-3-8-15-13-17-16(11-7-12-18(17)20)19(15)14-9-5-4-6-10-14;1-6-5-7(2)9(4)8(6)3;1-3-2;;;/h4-7,9-13H,2-3,8H2,1H3;6H,1-4H3;1-2H3;2*1H;/q;;;;;+2/p-2. The number of fused-ring (bicyclic) bond motifs is 1. The minimum atomic E-state index is -2.12. The van der Waals surface area contributed by atoms with E-state index >= 15 is 0 Å². The molecule has 0 nitrogen and oxygen atoms in total. The van der Waals surface area contributed by atoms with E-state index in [1.54, 1.807) is 22.3 Å². The second-order valence-electron chi connectivity index (χ2n) is 9.99. The summed E-state index contributed by atoms with van der Waals surface area (Å²) in [7, 11) is 0. The first-order valence-corrected chi connectivity index (χ1v) is 21.6. The van der Waals surface area contributed by atoms with Crippen molar-refractivity contribution in [2.75, 3.05) is 0 Å². The third-order valence-corrected chi connectivity index (χ3v) is 27.0. The van der Waals surface area contributed by atoms with Gasteiger partial charge in [0.1, 0.15) is 0 Å². The maximum Gasteiger partial charge on any atom is -1.00 e. The van der Waals surface area contributed by atoms with E-state index < -0.39 is 25.8 Å². The van der Waals surface area contributed by atoms with Crippen LogP contribution in [0.2, 0.25) is 18.1 Å². The van der Waals surface area contributed by atoms with E-state index in [0.29, 0.717) is 9.54 Å². The van der Waals surface area contributed by atoms with E-state index in [2.05, 4.69) is 96.2 Å². The normalized spacial score (nSPS) is 18.7. The van der Waals surface area contributed by atoms with Gasteiger partial charge in [0.15, 0.2) is 0 Å². The largest absolute Gasteiger partial charge is 1.00 e. The zero-order chi connectivity index (χ0) is 23.9. The van der Waals surface area contributed by atoms with Gasteiger partial charge in [-0.1, -0.05) is 0 Å². The third kappa shape index (κ3) is 5.58. The molecule has 2 unspecified atom stereocenters. The number of rotatable bonds is 6. The molecule has 2 aromatic carbocycles. The Bertz CT molecular complexity index is 1220. The SMILES string of the molecule is CCCCC1=C(c2ccccc2)c2cccc(Cl)c2[CH]1[Zr+2]([C]1=C(C)C(C)=C(C)C1C)=[Si](C)C.[Cl-].[Cl-]. The summed E-state index contributed by atoms with van der Waals surface area (Å²) in [6.07, 6.45) is 3.68. The predicted molar refractivity (Wildman–Crippen MR) is 144 cm³/mol. The molecule has 0 amide bonds. The van der Waals surface area contributed by atoms with Crippen molar-refractivity contribution in [3.63, 3.8) is 0 Å². The maximum absolute atomic E-state index is 7.09. The summed E-state index contributed by atoms with van der Waals surface area (Å²) < 4.78 is 2.46. The van der Waals surface area contributed by atoms with Crippen LogP contribution in [0.25, 0.3) is 5.57 Å². The van der Waals surface area contributed by atoms with Crippen molar-refractivity contribution < 1.29 is 45.2 Å². The molecule has 0 radical (unpaired) electrons. The first-order valence-electron chi connectivity index (χ1n) is 12.4. The van der Waals surface area contributed by atoms with Crippen LogP contribution < -0.4 is 24.8 Å². The van der Waals surface area contributed by atoms with E-state index in [1.807, 2.05) is 3.28 Å². The fourth-order valence-electron chi connectivity index (χ4n) is 5.95. The average molecular weight is 623 g/mol. The van der Waals surface area contributed by atoms with Gasteiger partial charge in [0, 0.05) is 0 Å². The summed E-state index contributed by atoms with van der Waals surface area (Å²) in [5, 5.41) is 0.990. The minimum Gasteiger partial charge on any atom is -1.00 e. The van der Waals surface area contributed by atoms with E-state index in [9.17, 15) is 0 Å². The topological polar surface area (TPSA) is 0 Å². The summed E-state index contributed by atoms with van der Waals surface area (Å²) in [4.78, 5) is 0. The molecule has 35 heavy (non-hydrogen) atoms. The molecule has 0 bridgehead atoms. The van der Waals surface area contributed by atoms with Crippen LogP contribution in [0.5, 0.6) is 0 Å². The Balaban J connectivity index is 0.00000216. The van der Waals surface area contributed by atoms with Gasteiger partial charge in [0.2, 0.25) is 0 Å². The molecule has 0 saturated heterocycles. The fraction of sp³-hybridized carbons (Fsp3) is 0.400. The molecule has 4 rings (SSSR count). The van der Waals surface area contributed by atoms with Crippen LogP contribution >= 0.6 is 11.6 Å². The summed E-state index contributed by atoms with van der Waals surface area (Å²) in [6.45, 7) is 17.1. The number of halogens is 3. The van der Waals surface area contributed by atoms with Gasteiger partial charge in [0.05, 0.1) is 0 Å². The second kappa shape index (κ2) is 12.9. The van der Waals surface area contributed by atoms with E-state index in [0.717, 1.165) is 5.02 Å². The Labute approximate surface area is 238 Å². The molecular formula is C30H37Cl3SiZr. The van der Waals surface area contributed by atoms with E-state index in [-0.39, 0.29) is 24.8 Å². The van der Waals surface area contributed by atoms with Crippen molar-refractivity contribution in [1.82, 2.24) is 0 Å². The average Bonchev–Trinajstić information content (AvgIpc) is 3.22. The minimum absolute atomic E-state index is 0. The zero-order valence-corrected chi connectivity index (χ0v) is 27.8. The van der Waals surface area contributed by atoms with Crippen LogP contribution in [0, 0.1) is 5.92 Å². The van der Waals surface area contributed by atoms with Gasteiger partial charge in [-0.05, 0) is 0 Å². The molecule has 186 valence electrons. The van der Waals surface area contributed by atoms with Gasteiger partial charge < -0.3 is 24.8 Å². The molecule has 0 N–H and O–H groups in total. The molecular weight excluding hydrogens is 586 g/mol. The molecule has 2 atom stereocenters. The summed E-state index contributed by atoms with van der Waals surface area (Å²) in [6, 6.07) is 17.8. The Hall–Kier alpha value is -0.370. The maximum atomic E-state index is 7.09. The van der Waals surface area contributed by atoms with Crippen LogP contribution in [0.15, 0.2) is 74.1 Å². The Morgan fingerprint density at radius 1 is 0.914 bits per heavy atom. The van der Waals surface area contributed by atoms with Crippen LogP contribution in [0.4, 0.5) is 0 Å². The molecule has 5 heteroatoms. The van der Waals surface area contributed by atoms with Gasteiger partial charge >= 0.3 is 215 Å². The van der Waals surface area contributed by atoms with Crippen molar-refractivity contribution >= 4 is 22.6 Å². The van der Waals surface area contributed by atoms with Gasteiger partial charge in [-0.15, -0.1) is 0 Å². The predicted octanol–water partition coefficient (Wildman–Crippen LogP) is 3.52. The zero-order valence-electron chi connectivity index (χ0n) is 22.0. The first kappa shape index (κ1) is 30.9. The molecule has 0 spiro atoms. The van der Waals surface area contributed by atoms with Crippen LogP contribution in [0.3, 0.4) is 0 Å². The molecule has 2 aliphatic carbocycles. The fourth-order valence-corrected chi connectivity index (χ4v) is 27.0. The number of hydrogen-bond acceptors (Lipinski definition) is 0. The smallest absolute Gasteiger partial charge is 1.00 e. The number of hydrogen-bond donors (Lipinski definition) is 0.